The summed E-state index contributed by atoms with van der Waals surface area (Å²) in [7, 11) is 1.10. The lowest BCUT2D eigenvalue weighted by Crippen LogP contribution is -2.45. The van der Waals surface area contributed by atoms with Crippen LogP contribution in [0.15, 0.2) is 23.4 Å². The van der Waals surface area contributed by atoms with Crippen molar-refractivity contribution in [1.29, 1.82) is 0 Å². The number of aromatic nitrogens is 2. The molecule has 1 N–H and O–H groups in total. The normalized spacial score (nSPS) is 15.3. The second-order valence-corrected chi connectivity index (χ2v) is 10.8. The quantitative estimate of drug-likeness (QED) is 0.410. The highest BCUT2D eigenvalue weighted by atomic mass is 32.2. The minimum atomic E-state index is -3.63. The van der Waals surface area contributed by atoms with Gasteiger partial charge in [0.05, 0.1) is 19.8 Å². The topological polar surface area (TPSA) is 123 Å². The number of anilines is 2. The van der Waals surface area contributed by atoms with Gasteiger partial charge >= 0.3 is 0 Å². The molecule has 1 aromatic carbocycles. The molecule has 2 aliphatic rings. The molecule has 1 aliphatic carbocycles. The van der Waals surface area contributed by atoms with Crippen LogP contribution in [0.25, 0.3) is 0 Å². The zero-order chi connectivity index (χ0) is 26.0. The number of benzene rings is 1. The molecule has 0 radical (unpaired) electrons. The predicted octanol–water partition coefficient (Wildman–Crippen LogP) is 1.10. The summed E-state index contributed by atoms with van der Waals surface area (Å²) in [4.78, 5) is 32.4. The number of rotatable bonds is 8. The van der Waals surface area contributed by atoms with Gasteiger partial charge in [0, 0.05) is 50.7 Å². The summed E-state index contributed by atoms with van der Waals surface area (Å²) in [5.41, 5.74) is 1.43. The van der Waals surface area contributed by atoms with Gasteiger partial charge in [-0.25, -0.2) is 8.42 Å². The number of nitrogens with zero attached hydrogens (tertiary/aromatic N) is 4. The Hall–Kier alpha value is -3.56. The molecule has 2 aromatic rings. The standard InChI is InChI=1S/C24H29N5O6S/c1-27-15-29(21-20(23(27)31)28(2)24(26-21)36(4,32)33)9-5-6-16-12-18(25-22(30)17-7-8-17)14-19(13-16)35-11-10-34-3/h12-14,17H,7-11,15H2,1-4H3,(H,25,30). The number of carbonyl (C=O) groups is 2. The smallest absolute Gasteiger partial charge is 0.275 e. The SMILES string of the molecule is COCCOc1cc(C#CCN2CN(C)C(=O)c3c2nc(S(C)(=O)=O)n3C)cc(NC(=O)C2CC2)c1. The molecule has 1 aromatic heterocycles. The van der Waals surface area contributed by atoms with Crippen LogP contribution in [0.2, 0.25) is 0 Å². The summed E-state index contributed by atoms with van der Waals surface area (Å²) >= 11 is 0. The third-order valence-electron chi connectivity index (χ3n) is 5.78. The first-order chi connectivity index (χ1) is 17.1. The van der Waals surface area contributed by atoms with E-state index in [0.29, 0.717) is 30.2 Å². The van der Waals surface area contributed by atoms with Crippen molar-refractivity contribution in [3.8, 4) is 17.6 Å². The van der Waals surface area contributed by atoms with Gasteiger partial charge in [-0.2, -0.15) is 4.98 Å². The molecule has 0 unspecified atom stereocenters. The number of sulfone groups is 1. The van der Waals surface area contributed by atoms with E-state index in [1.54, 1.807) is 37.3 Å². The van der Waals surface area contributed by atoms with E-state index < -0.39 is 9.84 Å². The van der Waals surface area contributed by atoms with Crippen molar-refractivity contribution < 1.29 is 27.5 Å². The molecule has 1 saturated carbocycles. The van der Waals surface area contributed by atoms with E-state index >= 15 is 0 Å². The zero-order valence-electron chi connectivity index (χ0n) is 20.7. The number of hydrogen-bond acceptors (Lipinski definition) is 8. The second kappa shape index (κ2) is 10.2. The lowest BCUT2D eigenvalue weighted by molar-refractivity contribution is -0.117. The van der Waals surface area contributed by atoms with Crippen LogP contribution in [-0.4, -0.2) is 81.5 Å². The Morgan fingerprint density at radius 2 is 1.97 bits per heavy atom. The monoisotopic (exact) mass is 515 g/mol. The van der Waals surface area contributed by atoms with E-state index in [0.717, 1.165) is 19.1 Å². The van der Waals surface area contributed by atoms with Gasteiger partial charge in [-0.1, -0.05) is 11.8 Å². The summed E-state index contributed by atoms with van der Waals surface area (Å²) in [6.45, 7) is 1.18. The molecule has 0 bridgehead atoms. The van der Waals surface area contributed by atoms with E-state index in [2.05, 4.69) is 22.1 Å². The average Bonchev–Trinajstić information content (AvgIpc) is 3.59. The van der Waals surface area contributed by atoms with Gasteiger partial charge in [-0.3, -0.25) is 9.59 Å². The number of nitrogens with one attached hydrogen (secondary N) is 1. The van der Waals surface area contributed by atoms with Crippen molar-refractivity contribution in [3.63, 3.8) is 0 Å². The molecule has 1 aliphatic heterocycles. The first-order valence-corrected chi connectivity index (χ1v) is 13.3. The van der Waals surface area contributed by atoms with E-state index in [-0.39, 0.29) is 47.6 Å². The van der Waals surface area contributed by atoms with Crippen molar-refractivity contribution in [1.82, 2.24) is 14.5 Å². The lowest BCUT2D eigenvalue weighted by Gasteiger charge is -2.32. The third-order valence-corrected chi connectivity index (χ3v) is 6.81. The molecule has 0 atom stereocenters. The molecule has 4 rings (SSSR count). The Morgan fingerprint density at radius 1 is 1.22 bits per heavy atom. The Bertz CT molecular complexity index is 1350. The molecule has 192 valence electrons. The van der Waals surface area contributed by atoms with Crippen LogP contribution >= 0.6 is 0 Å². The lowest BCUT2D eigenvalue weighted by atomic mass is 10.1. The molecule has 36 heavy (non-hydrogen) atoms. The van der Waals surface area contributed by atoms with Crippen LogP contribution in [0, 0.1) is 17.8 Å². The van der Waals surface area contributed by atoms with Gasteiger partial charge in [0.25, 0.3) is 5.91 Å². The number of fused-ring (bicyclic) bond motifs is 1. The van der Waals surface area contributed by atoms with Crippen LogP contribution in [0.1, 0.15) is 28.9 Å². The molecule has 12 heteroatoms. The number of amides is 2. The summed E-state index contributed by atoms with van der Waals surface area (Å²) in [5.74, 6) is 6.71. The maximum absolute atomic E-state index is 12.7. The van der Waals surface area contributed by atoms with Crippen molar-refractivity contribution in [3.05, 3.63) is 29.5 Å². The Kier molecular flexibility index (Phi) is 7.23. The van der Waals surface area contributed by atoms with E-state index in [1.165, 1.54) is 16.5 Å². The van der Waals surface area contributed by atoms with Crippen molar-refractivity contribution in [2.24, 2.45) is 13.0 Å². The number of imidazole rings is 1. The highest BCUT2D eigenvalue weighted by molar-refractivity contribution is 7.90. The molecule has 11 nitrogen and oxygen atoms in total. The predicted molar refractivity (Wildman–Crippen MR) is 133 cm³/mol. The fourth-order valence-electron chi connectivity index (χ4n) is 3.84. The molecular weight excluding hydrogens is 486 g/mol. The molecule has 1 fully saturated rings. The third kappa shape index (κ3) is 5.63. The van der Waals surface area contributed by atoms with Gasteiger partial charge in [-0.05, 0) is 25.0 Å². The summed E-state index contributed by atoms with van der Waals surface area (Å²) in [6, 6.07) is 5.30. The first-order valence-electron chi connectivity index (χ1n) is 11.4. The number of ether oxygens (including phenoxy) is 2. The van der Waals surface area contributed by atoms with Gasteiger partial charge < -0.3 is 29.2 Å². The van der Waals surface area contributed by atoms with Gasteiger partial charge in [0.1, 0.15) is 12.4 Å². The van der Waals surface area contributed by atoms with Gasteiger partial charge in [0.2, 0.25) is 20.9 Å². The van der Waals surface area contributed by atoms with E-state index in [4.69, 9.17) is 9.47 Å². The average molecular weight is 516 g/mol. The fourth-order valence-corrected chi connectivity index (χ4v) is 4.69. The molecular formula is C24H29N5O6S. The number of carbonyl (C=O) groups excluding carboxylic acids is 2. The van der Waals surface area contributed by atoms with Crippen LogP contribution in [0.4, 0.5) is 11.5 Å². The molecule has 0 saturated heterocycles. The van der Waals surface area contributed by atoms with Crippen LogP contribution in [0.5, 0.6) is 5.75 Å². The highest BCUT2D eigenvalue weighted by Gasteiger charge is 2.35. The van der Waals surface area contributed by atoms with Gasteiger partial charge in [-0.15, -0.1) is 0 Å². The summed E-state index contributed by atoms with van der Waals surface area (Å²) in [6.07, 6.45) is 2.85. The number of methoxy groups -OCH3 is 1. The maximum Gasteiger partial charge on any atom is 0.275 e. The zero-order valence-corrected chi connectivity index (χ0v) is 21.5. The van der Waals surface area contributed by atoms with Gasteiger partial charge in [0.15, 0.2) is 11.5 Å². The maximum atomic E-state index is 12.7. The Labute approximate surface area is 210 Å². The summed E-state index contributed by atoms with van der Waals surface area (Å²) in [5, 5.41) is 2.74. The van der Waals surface area contributed by atoms with Crippen molar-refractivity contribution >= 4 is 33.2 Å². The van der Waals surface area contributed by atoms with Crippen molar-refractivity contribution in [2.75, 3.05) is 57.1 Å². The number of hydrogen-bond donors (Lipinski definition) is 1. The minimum Gasteiger partial charge on any atom is -0.491 e. The molecule has 2 amide bonds. The first kappa shape index (κ1) is 25.5. The fraction of sp³-hybridized carbons (Fsp3) is 0.458. The van der Waals surface area contributed by atoms with Crippen LogP contribution in [0.3, 0.4) is 0 Å². The van der Waals surface area contributed by atoms with Crippen molar-refractivity contribution in [2.45, 2.75) is 18.0 Å². The van der Waals surface area contributed by atoms with Crippen LogP contribution < -0.4 is 15.0 Å². The second-order valence-electron chi connectivity index (χ2n) is 8.89. The van der Waals surface area contributed by atoms with Crippen LogP contribution in [-0.2, 0) is 26.4 Å². The van der Waals surface area contributed by atoms with E-state index in [9.17, 15) is 18.0 Å². The molecule has 2 heterocycles. The van der Waals surface area contributed by atoms with E-state index in [1.807, 2.05) is 0 Å². The minimum absolute atomic E-state index is 0.0201. The largest absolute Gasteiger partial charge is 0.491 e. The summed E-state index contributed by atoms with van der Waals surface area (Å²) < 4.78 is 36.4. The molecule has 0 spiro atoms. The highest BCUT2D eigenvalue weighted by Crippen LogP contribution is 2.31. The Morgan fingerprint density at radius 3 is 2.64 bits per heavy atom. The Balaban J connectivity index is 1.58.